The number of pyridine rings is 1. The number of anilines is 1. The second-order valence-corrected chi connectivity index (χ2v) is 4.46. The standard InChI is InChI=1S/C12H12F3N3/c13-12(14,15)9-5-8-1-2-10-7-16-3-4-18(10)11(8)17-6-9/h1-2,5-6,10,16H,3-4,7H2/t10-/m1/s1. The molecule has 0 unspecified atom stereocenters. The molecule has 3 rings (SSSR count). The summed E-state index contributed by atoms with van der Waals surface area (Å²) in [6.45, 7) is 2.39. The van der Waals surface area contributed by atoms with E-state index in [1.54, 1.807) is 6.08 Å². The first kappa shape index (κ1) is 11.5. The Balaban J connectivity index is 2.01. The zero-order chi connectivity index (χ0) is 12.8. The highest BCUT2D eigenvalue weighted by Crippen LogP contribution is 2.34. The number of alkyl halides is 3. The summed E-state index contributed by atoms with van der Waals surface area (Å²) >= 11 is 0. The number of aromatic nitrogens is 1. The van der Waals surface area contributed by atoms with E-state index in [4.69, 9.17) is 0 Å². The molecule has 1 aromatic rings. The number of piperazine rings is 1. The van der Waals surface area contributed by atoms with Crippen molar-refractivity contribution in [1.29, 1.82) is 0 Å². The smallest absolute Gasteiger partial charge is 0.347 e. The lowest BCUT2D eigenvalue weighted by atomic mass is 10.0. The molecule has 0 saturated carbocycles. The molecule has 0 radical (unpaired) electrons. The van der Waals surface area contributed by atoms with E-state index in [2.05, 4.69) is 10.3 Å². The second-order valence-electron chi connectivity index (χ2n) is 4.46. The maximum atomic E-state index is 12.6. The molecule has 1 fully saturated rings. The average Bonchev–Trinajstić information content (AvgIpc) is 2.37. The van der Waals surface area contributed by atoms with Gasteiger partial charge in [-0.05, 0) is 6.07 Å². The minimum absolute atomic E-state index is 0.190. The van der Waals surface area contributed by atoms with Crippen LogP contribution < -0.4 is 10.2 Å². The molecule has 0 aromatic carbocycles. The Bertz CT molecular complexity index is 496. The van der Waals surface area contributed by atoms with Crippen molar-refractivity contribution in [3.63, 3.8) is 0 Å². The summed E-state index contributed by atoms with van der Waals surface area (Å²) in [6.07, 6.45) is 0.231. The molecular formula is C12H12F3N3. The van der Waals surface area contributed by atoms with E-state index >= 15 is 0 Å². The molecule has 0 amide bonds. The van der Waals surface area contributed by atoms with Crippen molar-refractivity contribution in [1.82, 2.24) is 10.3 Å². The van der Waals surface area contributed by atoms with Crippen LogP contribution in [0.5, 0.6) is 0 Å². The zero-order valence-corrected chi connectivity index (χ0v) is 9.54. The van der Waals surface area contributed by atoms with Crippen molar-refractivity contribution >= 4 is 11.9 Å². The molecule has 96 valence electrons. The molecule has 6 heteroatoms. The Labute approximate surface area is 102 Å². The maximum absolute atomic E-state index is 12.6. The third-order valence-electron chi connectivity index (χ3n) is 3.28. The lowest BCUT2D eigenvalue weighted by Gasteiger charge is -2.38. The fourth-order valence-corrected chi connectivity index (χ4v) is 2.37. The monoisotopic (exact) mass is 255 g/mol. The third-order valence-corrected chi connectivity index (χ3v) is 3.28. The van der Waals surface area contributed by atoms with Gasteiger partial charge in [0.25, 0.3) is 0 Å². The van der Waals surface area contributed by atoms with Crippen LogP contribution >= 0.6 is 0 Å². The maximum Gasteiger partial charge on any atom is 0.417 e. The van der Waals surface area contributed by atoms with Gasteiger partial charge >= 0.3 is 6.18 Å². The third kappa shape index (κ3) is 1.86. The van der Waals surface area contributed by atoms with Crippen LogP contribution in [0.4, 0.5) is 19.0 Å². The predicted molar refractivity (Wildman–Crippen MR) is 62.3 cm³/mol. The van der Waals surface area contributed by atoms with Gasteiger partial charge in [0, 0.05) is 31.4 Å². The molecular weight excluding hydrogens is 243 g/mol. The predicted octanol–water partition coefficient (Wildman–Crippen LogP) is 1.91. The summed E-state index contributed by atoms with van der Waals surface area (Å²) in [6, 6.07) is 1.35. The van der Waals surface area contributed by atoms with E-state index in [0.717, 1.165) is 31.9 Å². The molecule has 2 aliphatic rings. The molecule has 2 aliphatic heterocycles. The van der Waals surface area contributed by atoms with Crippen LogP contribution in [0, 0.1) is 0 Å². The summed E-state index contributed by atoms with van der Waals surface area (Å²) in [7, 11) is 0. The number of halogens is 3. The largest absolute Gasteiger partial charge is 0.417 e. The Morgan fingerprint density at radius 1 is 1.39 bits per heavy atom. The number of hydrogen-bond donors (Lipinski definition) is 1. The van der Waals surface area contributed by atoms with Crippen molar-refractivity contribution in [3.05, 3.63) is 29.5 Å². The molecule has 0 aliphatic carbocycles. The highest BCUT2D eigenvalue weighted by atomic mass is 19.4. The normalized spacial score (nSPS) is 22.6. The van der Waals surface area contributed by atoms with Gasteiger partial charge in [-0.2, -0.15) is 13.2 Å². The van der Waals surface area contributed by atoms with Crippen LogP contribution in [0.25, 0.3) is 6.08 Å². The minimum atomic E-state index is -4.34. The van der Waals surface area contributed by atoms with Gasteiger partial charge in [0.05, 0.1) is 11.6 Å². The lowest BCUT2D eigenvalue weighted by molar-refractivity contribution is -0.137. The Kier molecular flexibility index (Phi) is 2.55. The van der Waals surface area contributed by atoms with Crippen molar-refractivity contribution in [3.8, 4) is 0 Å². The van der Waals surface area contributed by atoms with Gasteiger partial charge in [0.1, 0.15) is 5.82 Å². The molecule has 1 N–H and O–H groups in total. The first-order valence-corrected chi connectivity index (χ1v) is 5.78. The Morgan fingerprint density at radius 2 is 2.22 bits per heavy atom. The van der Waals surface area contributed by atoms with Crippen molar-refractivity contribution in [2.75, 3.05) is 24.5 Å². The van der Waals surface area contributed by atoms with Crippen molar-refractivity contribution in [2.24, 2.45) is 0 Å². The van der Waals surface area contributed by atoms with Gasteiger partial charge in [-0.15, -0.1) is 0 Å². The molecule has 1 atom stereocenters. The molecule has 0 bridgehead atoms. The van der Waals surface area contributed by atoms with Gasteiger partial charge in [0.15, 0.2) is 0 Å². The van der Waals surface area contributed by atoms with Gasteiger partial charge < -0.3 is 10.2 Å². The highest BCUT2D eigenvalue weighted by Gasteiger charge is 2.33. The van der Waals surface area contributed by atoms with E-state index in [-0.39, 0.29) is 6.04 Å². The van der Waals surface area contributed by atoms with Gasteiger partial charge in [-0.3, -0.25) is 0 Å². The van der Waals surface area contributed by atoms with Crippen LogP contribution in [-0.2, 0) is 6.18 Å². The van der Waals surface area contributed by atoms with E-state index in [0.29, 0.717) is 11.4 Å². The first-order valence-electron chi connectivity index (χ1n) is 5.78. The van der Waals surface area contributed by atoms with Gasteiger partial charge in [0.2, 0.25) is 0 Å². The first-order chi connectivity index (χ1) is 8.55. The van der Waals surface area contributed by atoms with E-state index in [1.165, 1.54) is 0 Å². The van der Waals surface area contributed by atoms with Gasteiger partial charge in [-0.25, -0.2) is 4.98 Å². The Hall–Kier alpha value is -1.56. The quantitative estimate of drug-likeness (QED) is 0.767. The van der Waals surface area contributed by atoms with E-state index in [1.807, 2.05) is 11.0 Å². The molecule has 3 heterocycles. The summed E-state index contributed by atoms with van der Waals surface area (Å²) in [4.78, 5) is 6.04. The Morgan fingerprint density at radius 3 is 3.00 bits per heavy atom. The van der Waals surface area contributed by atoms with E-state index in [9.17, 15) is 13.2 Å². The van der Waals surface area contributed by atoms with Crippen LogP contribution in [0.3, 0.4) is 0 Å². The summed E-state index contributed by atoms with van der Waals surface area (Å²) in [5.74, 6) is 0.650. The summed E-state index contributed by atoms with van der Waals surface area (Å²) < 4.78 is 37.8. The molecule has 3 nitrogen and oxygen atoms in total. The van der Waals surface area contributed by atoms with Crippen LogP contribution in [0.15, 0.2) is 18.3 Å². The molecule has 1 saturated heterocycles. The summed E-state index contributed by atoms with van der Waals surface area (Å²) in [5.41, 5.74) is -0.151. The van der Waals surface area contributed by atoms with Crippen LogP contribution in [0.2, 0.25) is 0 Å². The lowest BCUT2D eigenvalue weighted by Crippen LogP contribution is -2.51. The number of nitrogens with one attached hydrogen (secondary N) is 1. The van der Waals surface area contributed by atoms with Gasteiger partial charge in [-0.1, -0.05) is 12.2 Å². The highest BCUT2D eigenvalue weighted by molar-refractivity contribution is 5.70. The fourth-order valence-electron chi connectivity index (χ4n) is 2.37. The fraction of sp³-hybridized carbons (Fsp3) is 0.417. The topological polar surface area (TPSA) is 28.2 Å². The number of nitrogens with zero attached hydrogens (tertiary/aromatic N) is 2. The average molecular weight is 255 g/mol. The number of rotatable bonds is 0. The SMILES string of the molecule is FC(F)(F)c1cnc2c(c1)C=C[C@@H]1CNCCN21. The molecule has 1 aromatic heterocycles. The second kappa shape index (κ2) is 3.98. The van der Waals surface area contributed by atoms with Crippen LogP contribution in [0.1, 0.15) is 11.1 Å². The number of fused-ring (bicyclic) bond motifs is 3. The van der Waals surface area contributed by atoms with Crippen molar-refractivity contribution < 1.29 is 13.2 Å². The number of hydrogen-bond acceptors (Lipinski definition) is 3. The van der Waals surface area contributed by atoms with E-state index < -0.39 is 11.7 Å². The molecule has 18 heavy (non-hydrogen) atoms. The minimum Gasteiger partial charge on any atom is -0.347 e. The van der Waals surface area contributed by atoms with Crippen LogP contribution in [-0.4, -0.2) is 30.7 Å². The van der Waals surface area contributed by atoms with Crippen molar-refractivity contribution in [2.45, 2.75) is 12.2 Å². The zero-order valence-electron chi connectivity index (χ0n) is 9.54. The molecule has 0 spiro atoms. The summed E-state index contributed by atoms with van der Waals surface area (Å²) in [5, 5.41) is 3.25.